The molecule has 138 valence electrons. The van der Waals surface area contributed by atoms with Crippen LogP contribution in [0.4, 0.5) is 11.6 Å². The lowest BCUT2D eigenvalue weighted by Gasteiger charge is -2.34. The summed E-state index contributed by atoms with van der Waals surface area (Å²) in [6.45, 7) is 3.68. The van der Waals surface area contributed by atoms with Crippen LogP contribution in [0.25, 0.3) is 16.3 Å². The Labute approximate surface area is 155 Å². The van der Waals surface area contributed by atoms with Gasteiger partial charge in [0, 0.05) is 44.0 Å². The predicted molar refractivity (Wildman–Crippen MR) is 102 cm³/mol. The molecule has 1 aliphatic heterocycles. The molecule has 9 nitrogen and oxygen atoms in total. The minimum Gasteiger partial charge on any atom is -0.382 e. The molecule has 0 saturated carbocycles. The first kappa shape index (κ1) is 17.2. The van der Waals surface area contributed by atoms with Crippen LogP contribution < -0.4 is 10.6 Å². The quantitative estimate of drug-likeness (QED) is 0.701. The van der Waals surface area contributed by atoms with Crippen LogP contribution in [0, 0.1) is 0 Å². The van der Waals surface area contributed by atoms with E-state index in [9.17, 15) is 8.42 Å². The highest BCUT2D eigenvalue weighted by molar-refractivity contribution is 7.89. The van der Waals surface area contributed by atoms with Gasteiger partial charge in [0.2, 0.25) is 10.0 Å². The maximum Gasteiger partial charge on any atom is 0.213 e. The van der Waals surface area contributed by atoms with Crippen LogP contribution in [0.3, 0.4) is 0 Å². The molecule has 11 heteroatoms. The fourth-order valence-corrected chi connectivity index (χ4v) is 4.73. The molecule has 0 aromatic carbocycles. The second-order valence-corrected chi connectivity index (χ2v) is 9.10. The van der Waals surface area contributed by atoms with Gasteiger partial charge in [-0.1, -0.05) is 0 Å². The first-order valence-corrected chi connectivity index (χ1v) is 10.7. The van der Waals surface area contributed by atoms with Crippen molar-refractivity contribution in [1.82, 2.24) is 23.7 Å². The number of nitrogen functional groups attached to an aromatic ring is 1. The number of sulfonamides is 1. The number of rotatable bonds is 4. The SMILES string of the molecule is CCS(=O)(=O)N1CCN(c2cnc(N)c(-c3cn4ccsc4n3)n2)CC1. The van der Waals surface area contributed by atoms with E-state index in [1.54, 1.807) is 13.1 Å². The molecule has 3 aromatic heterocycles. The molecular weight excluding hydrogens is 374 g/mol. The number of piperazine rings is 1. The Balaban J connectivity index is 1.58. The van der Waals surface area contributed by atoms with Crippen molar-refractivity contribution >= 4 is 38.0 Å². The zero-order valence-corrected chi connectivity index (χ0v) is 15.9. The summed E-state index contributed by atoms with van der Waals surface area (Å²) >= 11 is 1.54. The lowest BCUT2D eigenvalue weighted by atomic mass is 10.3. The zero-order valence-electron chi connectivity index (χ0n) is 14.2. The lowest BCUT2D eigenvalue weighted by molar-refractivity contribution is 0.384. The third kappa shape index (κ3) is 3.02. The standard InChI is InChI=1S/C15H19N7O2S2/c1-2-26(23,24)22-5-3-20(4-6-22)12-9-17-14(16)13(19-12)11-10-21-7-8-25-15(21)18-11/h7-10H,2-6H2,1H3,(H2,16,17). The van der Waals surface area contributed by atoms with Crippen molar-refractivity contribution in [3.05, 3.63) is 24.0 Å². The molecule has 2 N–H and O–H groups in total. The Morgan fingerprint density at radius 1 is 1.23 bits per heavy atom. The van der Waals surface area contributed by atoms with Crippen molar-refractivity contribution in [2.75, 3.05) is 42.6 Å². The molecule has 4 heterocycles. The van der Waals surface area contributed by atoms with Gasteiger partial charge in [0.25, 0.3) is 0 Å². The summed E-state index contributed by atoms with van der Waals surface area (Å²) in [4.78, 5) is 16.3. The average Bonchev–Trinajstić information content (AvgIpc) is 3.24. The first-order chi connectivity index (χ1) is 12.5. The average molecular weight is 393 g/mol. The smallest absolute Gasteiger partial charge is 0.213 e. The van der Waals surface area contributed by atoms with Gasteiger partial charge in [-0.05, 0) is 6.92 Å². The van der Waals surface area contributed by atoms with Crippen molar-refractivity contribution < 1.29 is 8.42 Å². The molecule has 0 spiro atoms. The van der Waals surface area contributed by atoms with E-state index in [1.165, 1.54) is 15.6 Å². The Hall–Kier alpha value is -2.24. The van der Waals surface area contributed by atoms with Crippen molar-refractivity contribution in [1.29, 1.82) is 0 Å². The third-order valence-corrected chi connectivity index (χ3v) is 7.10. The van der Waals surface area contributed by atoms with Crippen LogP contribution >= 0.6 is 11.3 Å². The van der Waals surface area contributed by atoms with Crippen molar-refractivity contribution in [3.63, 3.8) is 0 Å². The number of aromatic nitrogens is 4. The van der Waals surface area contributed by atoms with E-state index in [2.05, 4.69) is 15.0 Å². The van der Waals surface area contributed by atoms with Gasteiger partial charge in [0.05, 0.1) is 11.9 Å². The number of nitrogens with zero attached hydrogens (tertiary/aromatic N) is 6. The van der Waals surface area contributed by atoms with Gasteiger partial charge in [0.15, 0.2) is 10.8 Å². The number of hydrogen-bond acceptors (Lipinski definition) is 8. The molecule has 26 heavy (non-hydrogen) atoms. The van der Waals surface area contributed by atoms with Gasteiger partial charge < -0.3 is 10.6 Å². The number of fused-ring (bicyclic) bond motifs is 1. The molecule has 1 aliphatic rings. The maximum atomic E-state index is 12.0. The Kier molecular flexibility index (Phi) is 4.29. The van der Waals surface area contributed by atoms with Gasteiger partial charge in [-0.2, -0.15) is 4.31 Å². The summed E-state index contributed by atoms with van der Waals surface area (Å²) in [5.41, 5.74) is 7.23. The summed E-state index contributed by atoms with van der Waals surface area (Å²) in [6.07, 6.45) is 5.43. The van der Waals surface area contributed by atoms with Crippen LogP contribution in [-0.4, -0.2) is 64.0 Å². The molecule has 3 aromatic rings. The fraction of sp³-hybridized carbons (Fsp3) is 0.400. The van der Waals surface area contributed by atoms with Gasteiger partial charge in [-0.25, -0.2) is 23.4 Å². The van der Waals surface area contributed by atoms with E-state index >= 15 is 0 Å². The molecule has 1 saturated heterocycles. The van der Waals surface area contributed by atoms with Crippen LogP contribution in [0.1, 0.15) is 6.92 Å². The fourth-order valence-electron chi connectivity index (χ4n) is 2.95. The minimum absolute atomic E-state index is 0.121. The van der Waals surface area contributed by atoms with E-state index in [0.29, 0.717) is 49.2 Å². The second kappa shape index (κ2) is 6.49. The maximum absolute atomic E-state index is 12.0. The molecular formula is C15H19N7O2S2. The van der Waals surface area contributed by atoms with E-state index < -0.39 is 10.0 Å². The molecule has 0 aliphatic carbocycles. The summed E-state index contributed by atoms with van der Waals surface area (Å²) in [5, 5.41) is 1.96. The van der Waals surface area contributed by atoms with Crippen molar-refractivity contribution in [3.8, 4) is 11.4 Å². The number of nitrogens with two attached hydrogens (primary N) is 1. The van der Waals surface area contributed by atoms with Gasteiger partial charge >= 0.3 is 0 Å². The van der Waals surface area contributed by atoms with E-state index in [-0.39, 0.29) is 5.75 Å². The highest BCUT2D eigenvalue weighted by atomic mass is 32.2. The Morgan fingerprint density at radius 2 is 2.00 bits per heavy atom. The van der Waals surface area contributed by atoms with Gasteiger partial charge in [0.1, 0.15) is 17.2 Å². The van der Waals surface area contributed by atoms with E-state index in [1.807, 2.05) is 27.1 Å². The van der Waals surface area contributed by atoms with E-state index in [4.69, 9.17) is 5.73 Å². The summed E-state index contributed by atoms with van der Waals surface area (Å²) in [6, 6.07) is 0. The topological polar surface area (TPSA) is 110 Å². The van der Waals surface area contributed by atoms with Crippen molar-refractivity contribution in [2.24, 2.45) is 0 Å². The lowest BCUT2D eigenvalue weighted by Crippen LogP contribution is -2.49. The van der Waals surface area contributed by atoms with Gasteiger partial charge in [-0.15, -0.1) is 11.3 Å². The molecule has 0 amide bonds. The summed E-state index contributed by atoms with van der Waals surface area (Å²) < 4.78 is 27.4. The monoisotopic (exact) mass is 393 g/mol. The normalized spacial score (nSPS) is 16.4. The van der Waals surface area contributed by atoms with Gasteiger partial charge in [-0.3, -0.25) is 4.40 Å². The van der Waals surface area contributed by atoms with Crippen molar-refractivity contribution in [2.45, 2.75) is 6.92 Å². The highest BCUT2D eigenvalue weighted by Crippen LogP contribution is 2.26. The molecule has 0 radical (unpaired) electrons. The molecule has 1 fully saturated rings. The number of hydrogen-bond donors (Lipinski definition) is 1. The third-order valence-electron chi connectivity index (χ3n) is 4.44. The number of imidazole rings is 1. The minimum atomic E-state index is -3.15. The Bertz CT molecular complexity index is 1010. The molecule has 4 rings (SSSR count). The zero-order chi connectivity index (χ0) is 18.3. The van der Waals surface area contributed by atoms with E-state index in [0.717, 1.165) is 4.96 Å². The molecule has 0 atom stereocenters. The highest BCUT2D eigenvalue weighted by Gasteiger charge is 2.26. The predicted octanol–water partition coefficient (Wildman–Crippen LogP) is 0.907. The molecule has 0 unspecified atom stereocenters. The van der Waals surface area contributed by atoms with Crippen LogP contribution in [-0.2, 0) is 10.0 Å². The Morgan fingerprint density at radius 3 is 2.69 bits per heavy atom. The number of thiazole rings is 1. The first-order valence-electron chi connectivity index (χ1n) is 8.26. The van der Waals surface area contributed by atoms with Crippen LogP contribution in [0.5, 0.6) is 0 Å². The number of anilines is 2. The second-order valence-electron chi connectivity index (χ2n) is 5.97. The largest absolute Gasteiger partial charge is 0.382 e. The van der Waals surface area contributed by atoms with Crippen LogP contribution in [0.15, 0.2) is 24.0 Å². The van der Waals surface area contributed by atoms with Crippen LogP contribution in [0.2, 0.25) is 0 Å². The summed E-state index contributed by atoms with van der Waals surface area (Å²) in [5.74, 6) is 1.13. The molecule has 0 bridgehead atoms. The summed E-state index contributed by atoms with van der Waals surface area (Å²) in [7, 11) is -3.15.